The molecule has 12 heavy (non-hydrogen) atoms. The highest BCUT2D eigenvalue weighted by atomic mass is 16.5. The molecule has 1 rings (SSSR count). The molecule has 1 aromatic rings. The van der Waals surface area contributed by atoms with Crippen LogP contribution in [0.5, 0.6) is 0 Å². The van der Waals surface area contributed by atoms with E-state index in [1.165, 1.54) is 0 Å². The zero-order valence-electron chi connectivity index (χ0n) is 6.99. The molecule has 0 unspecified atom stereocenters. The summed E-state index contributed by atoms with van der Waals surface area (Å²) in [5.41, 5.74) is 6.43. The van der Waals surface area contributed by atoms with Crippen molar-refractivity contribution in [3.05, 3.63) is 24.2 Å². The van der Waals surface area contributed by atoms with Gasteiger partial charge < -0.3 is 14.9 Å². The molecule has 0 saturated heterocycles. The van der Waals surface area contributed by atoms with Gasteiger partial charge in [0, 0.05) is 7.11 Å². The van der Waals surface area contributed by atoms with E-state index in [4.69, 9.17) is 14.9 Å². The van der Waals surface area contributed by atoms with Gasteiger partial charge in [0.1, 0.15) is 12.1 Å². The SMILES string of the molecule is COCCN=C(N)c1ccoc1. The summed E-state index contributed by atoms with van der Waals surface area (Å²) in [7, 11) is 1.63. The first kappa shape index (κ1) is 8.80. The van der Waals surface area contributed by atoms with Crippen molar-refractivity contribution in [2.75, 3.05) is 20.3 Å². The number of methoxy groups -OCH3 is 1. The van der Waals surface area contributed by atoms with Crippen LogP contribution in [0.15, 0.2) is 28.0 Å². The van der Waals surface area contributed by atoms with Gasteiger partial charge in [-0.2, -0.15) is 0 Å². The number of aliphatic imine (C=N–C) groups is 1. The number of nitrogens with two attached hydrogens (primary N) is 1. The first-order chi connectivity index (χ1) is 5.84. The van der Waals surface area contributed by atoms with E-state index in [-0.39, 0.29) is 0 Å². The summed E-state index contributed by atoms with van der Waals surface area (Å²) in [6.07, 6.45) is 3.12. The van der Waals surface area contributed by atoms with Gasteiger partial charge >= 0.3 is 0 Å². The van der Waals surface area contributed by atoms with Crippen molar-refractivity contribution in [3.8, 4) is 0 Å². The monoisotopic (exact) mass is 168 g/mol. The molecule has 0 aliphatic carbocycles. The second-order valence-corrected chi connectivity index (χ2v) is 2.27. The van der Waals surface area contributed by atoms with Gasteiger partial charge in [0.05, 0.1) is 25.0 Å². The average molecular weight is 168 g/mol. The van der Waals surface area contributed by atoms with Gasteiger partial charge in [-0.3, -0.25) is 4.99 Å². The Bertz CT molecular complexity index is 242. The Labute approximate surface area is 71.0 Å². The highest BCUT2D eigenvalue weighted by molar-refractivity contribution is 5.97. The third-order valence-corrected chi connectivity index (χ3v) is 1.39. The maximum atomic E-state index is 5.61. The van der Waals surface area contributed by atoms with Gasteiger partial charge in [-0.1, -0.05) is 0 Å². The average Bonchev–Trinajstić information content (AvgIpc) is 2.56. The number of furan rings is 1. The van der Waals surface area contributed by atoms with Crippen LogP contribution in [-0.4, -0.2) is 26.1 Å². The van der Waals surface area contributed by atoms with Gasteiger partial charge in [-0.15, -0.1) is 0 Å². The van der Waals surface area contributed by atoms with Crippen molar-refractivity contribution in [2.24, 2.45) is 10.7 Å². The predicted octanol–water partition coefficient (Wildman–Crippen LogP) is 0.631. The quantitative estimate of drug-likeness (QED) is 0.407. The molecule has 0 aliphatic rings. The maximum Gasteiger partial charge on any atom is 0.128 e. The summed E-state index contributed by atoms with van der Waals surface area (Å²) in [5.74, 6) is 0.487. The fraction of sp³-hybridized carbons (Fsp3) is 0.375. The lowest BCUT2D eigenvalue weighted by Crippen LogP contribution is -2.13. The fourth-order valence-electron chi connectivity index (χ4n) is 0.759. The minimum absolute atomic E-state index is 0.487. The van der Waals surface area contributed by atoms with Crippen LogP contribution in [0, 0.1) is 0 Å². The van der Waals surface area contributed by atoms with Crippen LogP contribution in [0.4, 0.5) is 0 Å². The van der Waals surface area contributed by atoms with Crippen LogP contribution in [0.2, 0.25) is 0 Å². The fourth-order valence-corrected chi connectivity index (χ4v) is 0.759. The summed E-state index contributed by atoms with van der Waals surface area (Å²) < 4.78 is 9.67. The first-order valence-electron chi connectivity index (χ1n) is 3.66. The van der Waals surface area contributed by atoms with Crippen molar-refractivity contribution in [1.82, 2.24) is 0 Å². The van der Waals surface area contributed by atoms with E-state index in [9.17, 15) is 0 Å². The lowest BCUT2D eigenvalue weighted by Gasteiger charge is -1.95. The molecule has 4 heteroatoms. The minimum atomic E-state index is 0.487. The molecule has 2 N–H and O–H groups in total. The second-order valence-electron chi connectivity index (χ2n) is 2.27. The summed E-state index contributed by atoms with van der Waals surface area (Å²) in [5, 5.41) is 0. The van der Waals surface area contributed by atoms with Crippen molar-refractivity contribution >= 4 is 5.84 Å². The molecule has 0 radical (unpaired) electrons. The number of ether oxygens (including phenoxy) is 1. The molecule has 0 atom stereocenters. The van der Waals surface area contributed by atoms with Crippen molar-refractivity contribution in [3.63, 3.8) is 0 Å². The van der Waals surface area contributed by atoms with E-state index in [1.807, 2.05) is 0 Å². The molecule has 66 valence electrons. The van der Waals surface area contributed by atoms with E-state index < -0.39 is 0 Å². The topological polar surface area (TPSA) is 60.8 Å². The van der Waals surface area contributed by atoms with Gasteiger partial charge in [-0.05, 0) is 6.07 Å². The number of nitrogens with zero attached hydrogens (tertiary/aromatic N) is 1. The van der Waals surface area contributed by atoms with Crippen LogP contribution in [0.3, 0.4) is 0 Å². The molecule has 1 aromatic heterocycles. The molecule has 1 heterocycles. The van der Waals surface area contributed by atoms with Crippen LogP contribution < -0.4 is 5.73 Å². The van der Waals surface area contributed by atoms with Crippen LogP contribution in [-0.2, 0) is 4.74 Å². The van der Waals surface area contributed by atoms with Gasteiger partial charge in [0.15, 0.2) is 0 Å². The van der Waals surface area contributed by atoms with E-state index in [2.05, 4.69) is 4.99 Å². The van der Waals surface area contributed by atoms with Crippen LogP contribution >= 0.6 is 0 Å². The molecule has 0 aromatic carbocycles. The molecule has 0 spiro atoms. The molecule has 0 aliphatic heterocycles. The van der Waals surface area contributed by atoms with Crippen molar-refractivity contribution in [1.29, 1.82) is 0 Å². The zero-order chi connectivity index (χ0) is 8.81. The molecule has 0 fully saturated rings. The number of rotatable bonds is 4. The Balaban J connectivity index is 2.47. The molecule has 0 saturated carbocycles. The zero-order valence-corrected chi connectivity index (χ0v) is 6.99. The Morgan fingerprint density at radius 3 is 3.17 bits per heavy atom. The number of hydrogen-bond acceptors (Lipinski definition) is 3. The largest absolute Gasteiger partial charge is 0.472 e. The highest BCUT2D eigenvalue weighted by Gasteiger charge is 1.97. The molecule has 0 amide bonds. The normalized spacial score (nSPS) is 11.9. The smallest absolute Gasteiger partial charge is 0.128 e. The van der Waals surface area contributed by atoms with Gasteiger partial charge in [-0.25, -0.2) is 0 Å². The first-order valence-corrected chi connectivity index (χ1v) is 3.66. The number of amidine groups is 1. The third-order valence-electron chi connectivity index (χ3n) is 1.39. The Kier molecular flexibility index (Phi) is 3.35. The van der Waals surface area contributed by atoms with Crippen LogP contribution in [0.25, 0.3) is 0 Å². The lowest BCUT2D eigenvalue weighted by atomic mass is 10.3. The molecular weight excluding hydrogens is 156 g/mol. The Morgan fingerprint density at radius 1 is 1.75 bits per heavy atom. The Morgan fingerprint density at radius 2 is 2.58 bits per heavy atom. The Hall–Kier alpha value is -1.29. The highest BCUT2D eigenvalue weighted by Crippen LogP contribution is 1.98. The summed E-state index contributed by atoms with van der Waals surface area (Å²) in [6.45, 7) is 1.16. The second kappa shape index (κ2) is 4.56. The molecule has 0 bridgehead atoms. The summed E-state index contributed by atoms with van der Waals surface area (Å²) >= 11 is 0. The lowest BCUT2D eigenvalue weighted by molar-refractivity contribution is 0.208. The molecule has 4 nitrogen and oxygen atoms in total. The standard InChI is InChI=1S/C8H12N2O2/c1-11-5-3-10-8(9)7-2-4-12-6-7/h2,4,6H,3,5H2,1H3,(H2,9,10). The summed E-state index contributed by atoms with van der Waals surface area (Å²) in [4.78, 5) is 4.07. The van der Waals surface area contributed by atoms with E-state index >= 15 is 0 Å². The third kappa shape index (κ3) is 2.39. The summed E-state index contributed by atoms with van der Waals surface area (Å²) in [6, 6.07) is 1.77. The van der Waals surface area contributed by atoms with Gasteiger partial charge in [0.25, 0.3) is 0 Å². The minimum Gasteiger partial charge on any atom is -0.472 e. The molecular formula is C8H12N2O2. The number of hydrogen-bond donors (Lipinski definition) is 1. The predicted molar refractivity (Wildman–Crippen MR) is 46.2 cm³/mol. The van der Waals surface area contributed by atoms with E-state index in [0.29, 0.717) is 19.0 Å². The van der Waals surface area contributed by atoms with Crippen molar-refractivity contribution < 1.29 is 9.15 Å². The van der Waals surface area contributed by atoms with E-state index in [1.54, 1.807) is 25.7 Å². The maximum absolute atomic E-state index is 5.61. The van der Waals surface area contributed by atoms with Gasteiger partial charge in [0.2, 0.25) is 0 Å². The van der Waals surface area contributed by atoms with Crippen molar-refractivity contribution in [2.45, 2.75) is 0 Å². The van der Waals surface area contributed by atoms with Crippen LogP contribution in [0.1, 0.15) is 5.56 Å². The van der Waals surface area contributed by atoms with E-state index in [0.717, 1.165) is 5.56 Å².